The summed E-state index contributed by atoms with van der Waals surface area (Å²) in [6.07, 6.45) is -0.735. The minimum atomic E-state index is -0.735. The molecule has 1 heterocycles. The van der Waals surface area contributed by atoms with Gasteiger partial charge in [-0.1, -0.05) is 34.6 Å². The number of hydrogen-bond donors (Lipinski definition) is 2. The lowest BCUT2D eigenvalue weighted by atomic mass is 10.2. The molecule has 0 radical (unpaired) electrons. The highest BCUT2D eigenvalue weighted by Crippen LogP contribution is 2.27. The number of aromatic nitrogens is 1. The van der Waals surface area contributed by atoms with Crippen LogP contribution in [0.3, 0.4) is 0 Å². The van der Waals surface area contributed by atoms with Gasteiger partial charge in [0.25, 0.3) is 5.91 Å². The first-order chi connectivity index (χ1) is 11.6. The number of nitrogens with zero attached hydrogens (tertiary/aromatic N) is 1. The van der Waals surface area contributed by atoms with E-state index >= 15 is 0 Å². The summed E-state index contributed by atoms with van der Waals surface area (Å²) in [5.74, 6) is -0.555. The van der Waals surface area contributed by atoms with E-state index in [1.165, 1.54) is 11.3 Å². The molecule has 0 aliphatic carbocycles. The number of halogens is 1. The molecule has 0 spiro atoms. The minimum Gasteiger partial charge on any atom is -0.444 e. The molecule has 0 aliphatic rings. The van der Waals surface area contributed by atoms with Gasteiger partial charge < -0.3 is 4.74 Å². The van der Waals surface area contributed by atoms with Crippen molar-refractivity contribution < 1.29 is 14.3 Å². The smallest absolute Gasteiger partial charge is 0.412 e. The van der Waals surface area contributed by atoms with E-state index in [1.807, 2.05) is 29.6 Å². The van der Waals surface area contributed by atoms with Crippen LogP contribution in [0.4, 0.5) is 9.93 Å². The predicted octanol–water partition coefficient (Wildman–Crippen LogP) is 4.55. The fourth-order valence-electron chi connectivity index (χ4n) is 1.77. The number of benzene rings is 1. The van der Waals surface area contributed by atoms with E-state index in [1.54, 1.807) is 20.8 Å². The first-order valence-corrected chi connectivity index (χ1v) is 9.03. The van der Waals surface area contributed by atoms with E-state index in [0.29, 0.717) is 5.13 Å². The Morgan fingerprint density at radius 1 is 1.32 bits per heavy atom. The van der Waals surface area contributed by atoms with E-state index in [9.17, 15) is 9.59 Å². The maximum absolute atomic E-state index is 12.1. The summed E-state index contributed by atoms with van der Waals surface area (Å²) in [5.41, 5.74) is 0.896. The molecule has 2 amide bonds. The van der Waals surface area contributed by atoms with Gasteiger partial charge in [-0.3, -0.25) is 15.4 Å². The van der Waals surface area contributed by atoms with Crippen molar-refractivity contribution in [2.24, 2.45) is 0 Å². The van der Waals surface area contributed by atoms with Crippen molar-refractivity contribution in [2.45, 2.75) is 26.4 Å². The number of hydrogen-bond acceptors (Lipinski definition) is 5. The van der Waals surface area contributed by atoms with E-state index in [-0.39, 0.29) is 5.70 Å². The highest BCUT2D eigenvalue weighted by Gasteiger charge is 2.19. The quantitative estimate of drug-likeness (QED) is 0.706. The number of ether oxygens (including phenoxy) is 1. The summed E-state index contributed by atoms with van der Waals surface area (Å²) in [6, 6.07) is 7.69. The Kier molecular flexibility index (Phi) is 5.97. The summed E-state index contributed by atoms with van der Waals surface area (Å²) >= 11 is 4.69. The molecule has 25 heavy (non-hydrogen) atoms. The maximum atomic E-state index is 12.1. The number of alkyl carbamates (subject to hydrolysis) is 1. The average Bonchev–Trinajstić information content (AvgIpc) is 2.93. The third-order valence-electron chi connectivity index (χ3n) is 2.77. The fourth-order valence-corrected chi connectivity index (χ4v) is 2.88. The molecule has 0 unspecified atom stereocenters. The highest BCUT2D eigenvalue weighted by atomic mass is 79.9. The highest BCUT2D eigenvalue weighted by molar-refractivity contribution is 9.10. The molecular formula is C17H18BrN3O3S. The monoisotopic (exact) mass is 423 g/mol. The molecule has 0 saturated carbocycles. The Bertz CT molecular complexity index is 811. The summed E-state index contributed by atoms with van der Waals surface area (Å²) in [7, 11) is 0. The van der Waals surface area contributed by atoms with E-state index < -0.39 is 17.6 Å². The number of rotatable bonds is 4. The fraction of sp³-hybridized carbons (Fsp3) is 0.235. The van der Waals surface area contributed by atoms with E-state index in [0.717, 1.165) is 15.7 Å². The molecule has 2 N–H and O–H groups in total. The molecule has 1 aromatic carbocycles. The van der Waals surface area contributed by atoms with Gasteiger partial charge in [0, 0.05) is 15.4 Å². The second-order valence-electron chi connectivity index (χ2n) is 6.11. The van der Waals surface area contributed by atoms with Crippen LogP contribution in [0.2, 0.25) is 0 Å². The molecule has 0 atom stereocenters. The topological polar surface area (TPSA) is 80.3 Å². The molecule has 0 fully saturated rings. The number of carbonyl (C=O) groups is 2. The van der Waals surface area contributed by atoms with Crippen molar-refractivity contribution in [3.63, 3.8) is 0 Å². The molecule has 2 aromatic rings. The van der Waals surface area contributed by atoms with Crippen molar-refractivity contribution in [1.29, 1.82) is 0 Å². The summed E-state index contributed by atoms with van der Waals surface area (Å²) in [4.78, 5) is 28.1. The molecule has 132 valence electrons. The van der Waals surface area contributed by atoms with Crippen molar-refractivity contribution in [3.8, 4) is 11.3 Å². The van der Waals surface area contributed by atoms with Crippen LogP contribution in [0, 0.1) is 0 Å². The van der Waals surface area contributed by atoms with Gasteiger partial charge in [-0.2, -0.15) is 0 Å². The molecule has 2 rings (SSSR count). The molecule has 0 saturated heterocycles. The SMILES string of the molecule is C=C(NC(=O)OC(C)(C)C)C(=O)Nc1nc(-c2cccc(Br)c2)cs1. The van der Waals surface area contributed by atoms with Crippen molar-refractivity contribution in [1.82, 2.24) is 10.3 Å². The van der Waals surface area contributed by atoms with Crippen molar-refractivity contribution in [3.05, 3.63) is 46.4 Å². The van der Waals surface area contributed by atoms with Crippen molar-refractivity contribution in [2.75, 3.05) is 5.32 Å². The predicted molar refractivity (Wildman–Crippen MR) is 102 cm³/mol. The van der Waals surface area contributed by atoms with Gasteiger partial charge in [0.15, 0.2) is 5.13 Å². The molecule has 0 bridgehead atoms. The van der Waals surface area contributed by atoms with Crippen LogP contribution in [-0.4, -0.2) is 22.6 Å². The van der Waals surface area contributed by atoms with Gasteiger partial charge in [0.2, 0.25) is 0 Å². The van der Waals surface area contributed by atoms with Gasteiger partial charge in [-0.25, -0.2) is 9.78 Å². The molecule has 6 nitrogen and oxygen atoms in total. The van der Waals surface area contributed by atoms with E-state index in [4.69, 9.17) is 4.74 Å². The Morgan fingerprint density at radius 2 is 2.04 bits per heavy atom. The van der Waals surface area contributed by atoms with Gasteiger partial charge in [0.05, 0.1) is 5.69 Å². The van der Waals surface area contributed by atoms with Crippen LogP contribution < -0.4 is 10.6 Å². The number of amides is 2. The van der Waals surface area contributed by atoms with Gasteiger partial charge >= 0.3 is 6.09 Å². The normalized spacial score (nSPS) is 10.9. The molecule has 1 aromatic heterocycles. The standard InChI is InChI=1S/C17H18BrN3O3S/c1-10(19-16(23)24-17(2,3)4)14(22)21-15-20-13(9-25-15)11-6-5-7-12(18)8-11/h5-9H,1H2,2-4H3,(H,19,23)(H,20,21,22). The number of thiazole rings is 1. The second-order valence-corrected chi connectivity index (χ2v) is 7.88. The Balaban J connectivity index is 1.97. The summed E-state index contributed by atoms with van der Waals surface area (Å²) < 4.78 is 6.02. The molecular weight excluding hydrogens is 406 g/mol. The summed E-state index contributed by atoms with van der Waals surface area (Å²) in [6.45, 7) is 8.74. The third kappa shape index (κ3) is 5.99. The Labute approximate surface area is 158 Å². The first kappa shape index (κ1) is 19.1. The van der Waals surface area contributed by atoms with Crippen LogP contribution >= 0.6 is 27.3 Å². The minimum absolute atomic E-state index is 0.117. The maximum Gasteiger partial charge on any atom is 0.412 e. The third-order valence-corrected chi connectivity index (χ3v) is 4.02. The second kappa shape index (κ2) is 7.79. The number of carbonyl (C=O) groups excluding carboxylic acids is 2. The zero-order valence-corrected chi connectivity index (χ0v) is 16.5. The van der Waals surface area contributed by atoms with Crippen LogP contribution in [0.5, 0.6) is 0 Å². The lowest BCUT2D eigenvalue weighted by Crippen LogP contribution is -2.35. The lowest BCUT2D eigenvalue weighted by molar-refractivity contribution is -0.113. The van der Waals surface area contributed by atoms with Gasteiger partial charge in [-0.05, 0) is 32.9 Å². The van der Waals surface area contributed by atoms with Crippen LogP contribution in [0.25, 0.3) is 11.3 Å². The first-order valence-electron chi connectivity index (χ1n) is 7.36. The number of anilines is 1. The molecule has 0 aliphatic heterocycles. The Morgan fingerprint density at radius 3 is 2.68 bits per heavy atom. The van der Waals surface area contributed by atoms with Gasteiger partial charge in [0.1, 0.15) is 11.3 Å². The van der Waals surface area contributed by atoms with Crippen molar-refractivity contribution >= 4 is 44.4 Å². The largest absolute Gasteiger partial charge is 0.444 e. The average molecular weight is 424 g/mol. The summed E-state index contributed by atoms with van der Waals surface area (Å²) in [5, 5.41) is 7.15. The zero-order chi connectivity index (χ0) is 18.6. The zero-order valence-electron chi connectivity index (χ0n) is 14.1. The lowest BCUT2D eigenvalue weighted by Gasteiger charge is -2.19. The van der Waals surface area contributed by atoms with Gasteiger partial charge in [-0.15, -0.1) is 11.3 Å². The number of nitrogens with one attached hydrogen (secondary N) is 2. The van der Waals surface area contributed by atoms with E-state index in [2.05, 4.69) is 38.1 Å². The van der Waals surface area contributed by atoms with Crippen LogP contribution in [0.1, 0.15) is 20.8 Å². The van der Waals surface area contributed by atoms with Crippen LogP contribution in [0.15, 0.2) is 46.4 Å². The molecule has 8 heteroatoms. The Hall–Kier alpha value is -2.19. The van der Waals surface area contributed by atoms with Crippen LogP contribution in [-0.2, 0) is 9.53 Å².